The van der Waals surface area contributed by atoms with Crippen molar-refractivity contribution >= 4 is 5.69 Å². The maximum atomic E-state index is 10.8. The van der Waals surface area contributed by atoms with Gasteiger partial charge in [-0.25, -0.2) is 0 Å². The van der Waals surface area contributed by atoms with Crippen molar-refractivity contribution in [2.45, 2.75) is 0 Å². The Balaban J connectivity index is 2.93. The fourth-order valence-corrected chi connectivity index (χ4v) is 1.19. The number of methoxy groups -OCH3 is 1. The third-order valence-electron chi connectivity index (χ3n) is 1.90. The maximum absolute atomic E-state index is 10.8. The Labute approximate surface area is 92.6 Å². The second-order valence-electron chi connectivity index (χ2n) is 2.92. The number of hydrogen-bond donors (Lipinski definition) is 1. The van der Waals surface area contributed by atoms with Crippen molar-refractivity contribution in [2.75, 3.05) is 20.3 Å². The minimum Gasteiger partial charge on any atom is -0.484 e. The fourth-order valence-electron chi connectivity index (χ4n) is 1.19. The molecule has 0 aliphatic rings. The second-order valence-corrected chi connectivity index (χ2v) is 2.92. The zero-order valence-electron chi connectivity index (χ0n) is 8.75. The highest BCUT2D eigenvalue weighted by atomic mass is 16.6. The minimum absolute atomic E-state index is 0.111. The Kier molecular flexibility index (Phi) is 4.68. The Morgan fingerprint density at radius 2 is 2.25 bits per heavy atom. The number of nitro groups is 1. The van der Waals surface area contributed by atoms with Crippen LogP contribution in [0, 0.1) is 16.7 Å². The van der Waals surface area contributed by atoms with Crippen molar-refractivity contribution in [1.29, 1.82) is 0 Å². The molecule has 0 amide bonds. The summed E-state index contributed by atoms with van der Waals surface area (Å²) in [4.78, 5) is 10.2. The van der Waals surface area contributed by atoms with Gasteiger partial charge in [0.1, 0.15) is 13.2 Å². The van der Waals surface area contributed by atoms with E-state index in [2.05, 4.69) is 0 Å². The van der Waals surface area contributed by atoms with Gasteiger partial charge in [0.15, 0.2) is 5.75 Å². The van der Waals surface area contributed by atoms with E-state index in [9.17, 15) is 10.1 Å². The molecule has 1 rings (SSSR count). The molecule has 0 saturated carbocycles. The zero-order valence-corrected chi connectivity index (χ0v) is 8.75. The van der Waals surface area contributed by atoms with Crippen molar-refractivity contribution in [3.63, 3.8) is 0 Å². The van der Waals surface area contributed by atoms with Crippen LogP contribution in [-0.2, 0) is 4.74 Å². The molecule has 0 fully saturated rings. The average Bonchev–Trinajstić information content (AvgIpc) is 2.28. The van der Waals surface area contributed by atoms with Crippen LogP contribution in [0.1, 0.15) is 5.56 Å². The van der Waals surface area contributed by atoms with E-state index in [0.29, 0.717) is 13.2 Å². The summed E-state index contributed by atoms with van der Waals surface area (Å²) in [6, 6.07) is 4.47. The van der Waals surface area contributed by atoms with Crippen LogP contribution >= 0.6 is 0 Å². The molecule has 87 valence electrons. The van der Waals surface area contributed by atoms with Gasteiger partial charge in [0, 0.05) is 7.11 Å². The highest BCUT2D eigenvalue weighted by Gasteiger charge is 2.20. The molecule has 0 aliphatic heterocycles. The van der Waals surface area contributed by atoms with Crippen LogP contribution in [0.2, 0.25) is 0 Å². The van der Waals surface area contributed by atoms with Crippen LogP contribution < -0.4 is 4.74 Å². The highest BCUT2D eigenvalue weighted by Crippen LogP contribution is 2.31. The fraction of sp³-hybridized carbons (Fsp3) is 0.300. The lowest BCUT2D eigenvalue weighted by Gasteiger charge is -2.07. The number of aliphatic hydroxyl groups is 1. The maximum Gasteiger partial charge on any atom is 0.316 e. The third kappa shape index (κ3) is 2.91. The molecule has 0 heterocycles. The van der Waals surface area contributed by atoms with Gasteiger partial charge < -0.3 is 14.6 Å². The Hall–Kier alpha value is -1.66. The van der Waals surface area contributed by atoms with Gasteiger partial charge in [0.2, 0.25) is 0 Å². The Bertz CT molecular complexity index is 366. The van der Waals surface area contributed by atoms with E-state index in [1.54, 1.807) is 6.07 Å². The summed E-state index contributed by atoms with van der Waals surface area (Å²) in [7, 11) is 1.51. The van der Waals surface area contributed by atoms with E-state index in [4.69, 9.17) is 14.6 Å². The molecule has 0 bridgehead atoms. The molecule has 6 heteroatoms. The van der Waals surface area contributed by atoms with E-state index in [0.717, 1.165) is 0 Å². The van der Waals surface area contributed by atoms with Gasteiger partial charge in [-0.1, -0.05) is 6.07 Å². The molecular formula is C10H12NO5. The summed E-state index contributed by atoms with van der Waals surface area (Å²) in [6.45, 7) is 1.23. The monoisotopic (exact) mass is 226 g/mol. The van der Waals surface area contributed by atoms with Crippen LogP contribution in [-0.4, -0.2) is 30.4 Å². The van der Waals surface area contributed by atoms with Gasteiger partial charge in [-0.2, -0.15) is 0 Å². The molecule has 1 N–H and O–H groups in total. The van der Waals surface area contributed by atoms with Crippen molar-refractivity contribution in [3.8, 4) is 5.75 Å². The first-order valence-corrected chi connectivity index (χ1v) is 4.57. The summed E-state index contributed by atoms with van der Waals surface area (Å²) >= 11 is 0. The SMILES string of the molecule is COCCOc1cccc([CH]O)c1[N+](=O)[O-]. The largest absolute Gasteiger partial charge is 0.484 e. The number of ether oxygens (including phenoxy) is 2. The number of para-hydroxylation sites is 1. The quantitative estimate of drug-likeness (QED) is 0.451. The predicted octanol–water partition coefficient (Wildman–Crippen LogP) is 1.50. The molecular weight excluding hydrogens is 214 g/mol. The first-order chi connectivity index (χ1) is 7.70. The number of nitrogens with zero attached hydrogens (tertiary/aromatic N) is 1. The van der Waals surface area contributed by atoms with Crippen molar-refractivity contribution in [2.24, 2.45) is 0 Å². The van der Waals surface area contributed by atoms with Crippen LogP contribution in [0.3, 0.4) is 0 Å². The first-order valence-electron chi connectivity index (χ1n) is 4.57. The minimum atomic E-state index is -0.593. The smallest absolute Gasteiger partial charge is 0.316 e. The molecule has 0 unspecified atom stereocenters. The summed E-state index contributed by atoms with van der Waals surface area (Å²) < 4.78 is 9.95. The lowest BCUT2D eigenvalue weighted by molar-refractivity contribution is -0.386. The number of nitro benzene ring substituents is 1. The number of benzene rings is 1. The molecule has 1 radical (unpaired) electrons. The van der Waals surface area contributed by atoms with Crippen molar-refractivity contribution < 1.29 is 19.5 Å². The third-order valence-corrected chi connectivity index (χ3v) is 1.90. The molecule has 0 aliphatic carbocycles. The van der Waals surface area contributed by atoms with Crippen LogP contribution in [0.5, 0.6) is 5.75 Å². The number of rotatable bonds is 6. The van der Waals surface area contributed by atoms with Crippen LogP contribution in [0.25, 0.3) is 0 Å². The summed E-state index contributed by atoms with van der Waals surface area (Å²) in [5.74, 6) is 0.116. The summed E-state index contributed by atoms with van der Waals surface area (Å²) in [5, 5.41) is 19.7. The average molecular weight is 226 g/mol. The normalized spacial score (nSPS) is 10.1. The Morgan fingerprint density at radius 3 is 2.81 bits per heavy atom. The molecule has 6 nitrogen and oxygen atoms in total. The molecule has 1 aromatic rings. The Morgan fingerprint density at radius 1 is 1.50 bits per heavy atom. The van der Waals surface area contributed by atoms with Gasteiger partial charge in [-0.3, -0.25) is 10.1 Å². The molecule has 0 saturated heterocycles. The van der Waals surface area contributed by atoms with E-state index >= 15 is 0 Å². The molecule has 0 aromatic heterocycles. The lowest BCUT2D eigenvalue weighted by Crippen LogP contribution is -2.06. The molecule has 0 spiro atoms. The first kappa shape index (κ1) is 12.4. The van der Waals surface area contributed by atoms with Crippen molar-refractivity contribution in [1.82, 2.24) is 0 Å². The number of hydrogen-bond acceptors (Lipinski definition) is 5. The van der Waals surface area contributed by atoms with E-state index < -0.39 is 4.92 Å². The van der Waals surface area contributed by atoms with E-state index in [-0.39, 0.29) is 23.6 Å². The van der Waals surface area contributed by atoms with Crippen LogP contribution in [0.15, 0.2) is 18.2 Å². The van der Waals surface area contributed by atoms with Gasteiger partial charge in [0.25, 0.3) is 0 Å². The van der Waals surface area contributed by atoms with Gasteiger partial charge in [-0.05, 0) is 12.1 Å². The number of aliphatic hydroxyl groups excluding tert-OH is 1. The topological polar surface area (TPSA) is 81.8 Å². The van der Waals surface area contributed by atoms with Gasteiger partial charge in [-0.15, -0.1) is 0 Å². The van der Waals surface area contributed by atoms with Gasteiger partial charge >= 0.3 is 5.69 Å². The van der Waals surface area contributed by atoms with Crippen LogP contribution in [0.4, 0.5) is 5.69 Å². The zero-order chi connectivity index (χ0) is 12.0. The van der Waals surface area contributed by atoms with E-state index in [1.165, 1.54) is 19.2 Å². The van der Waals surface area contributed by atoms with Crippen molar-refractivity contribution in [3.05, 3.63) is 40.5 Å². The molecule has 0 atom stereocenters. The standard InChI is InChI=1S/C10H12NO5/c1-15-5-6-16-9-4-2-3-8(7-12)10(9)11(13)14/h2-4,7,12H,5-6H2,1H3. The summed E-state index contributed by atoms with van der Waals surface area (Å²) in [6.07, 6.45) is 0. The molecule has 16 heavy (non-hydrogen) atoms. The predicted molar refractivity (Wildman–Crippen MR) is 55.8 cm³/mol. The van der Waals surface area contributed by atoms with E-state index in [1.807, 2.05) is 0 Å². The second kappa shape index (κ2) is 6.04. The van der Waals surface area contributed by atoms with Gasteiger partial charge in [0.05, 0.1) is 17.1 Å². The molecule has 1 aromatic carbocycles. The lowest BCUT2D eigenvalue weighted by atomic mass is 10.2. The highest BCUT2D eigenvalue weighted by molar-refractivity contribution is 5.54. The summed E-state index contributed by atoms with van der Waals surface area (Å²) in [5.41, 5.74) is -0.138.